The minimum atomic E-state index is -0.283. The molecule has 2 aromatic carbocycles. The minimum absolute atomic E-state index is 0.0404. The molecule has 0 aliphatic carbocycles. The van der Waals surface area contributed by atoms with E-state index in [1.165, 1.54) is 0 Å². The number of benzene rings is 2. The number of fused-ring (bicyclic) bond motifs is 1. The topological polar surface area (TPSA) is 77.5 Å². The SMILES string of the molecule is C=C(NO)c1ccc(NC2CCN(c3cccc4cccnc34)C2=O)cc1. The summed E-state index contributed by atoms with van der Waals surface area (Å²) in [5.41, 5.74) is 5.78. The lowest BCUT2D eigenvalue weighted by atomic mass is 10.1. The third kappa shape index (κ3) is 3.22. The van der Waals surface area contributed by atoms with Crippen molar-refractivity contribution in [1.82, 2.24) is 10.5 Å². The highest BCUT2D eigenvalue weighted by molar-refractivity contribution is 6.06. The quantitative estimate of drug-likeness (QED) is 0.608. The zero-order chi connectivity index (χ0) is 18.8. The molecule has 1 atom stereocenters. The third-order valence-electron chi connectivity index (χ3n) is 4.82. The summed E-state index contributed by atoms with van der Waals surface area (Å²) in [5, 5.41) is 13.2. The summed E-state index contributed by atoms with van der Waals surface area (Å²) in [7, 11) is 0. The van der Waals surface area contributed by atoms with Crippen LogP contribution in [0.2, 0.25) is 0 Å². The Labute approximate surface area is 157 Å². The van der Waals surface area contributed by atoms with Gasteiger partial charge in [0.1, 0.15) is 6.04 Å². The van der Waals surface area contributed by atoms with Crippen molar-refractivity contribution in [2.75, 3.05) is 16.8 Å². The first-order chi connectivity index (χ1) is 13.2. The van der Waals surface area contributed by atoms with Crippen molar-refractivity contribution in [2.45, 2.75) is 12.5 Å². The fourth-order valence-electron chi connectivity index (χ4n) is 3.39. The standard InChI is InChI=1S/C21H20N4O2/c1-14(24-27)15-7-9-17(10-8-15)23-18-11-13-25(21(18)26)19-6-2-4-16-5-3-12-22-20(16)19/h2-10,12,18,23-24,27H,1,11,13H2. The summed E-state index contributed by atoms with van der Waals surface area (Å²) < 4.78 is 0. The number of hydrogen-bond donors (Lipinski definition) is 3. The summed E-state index contributed by atoms with van der Waals surface area (Å²) in [4.78, 5) is 19.2. The molecule has 6 nitrogen and oxygen atoms in total. The van der Waals surface area contributed by atoms with Crippen LogP contribution in [-0.2, 0) is 4.79 Å². The number of carbonyl (C=O) groups excluding carboxylic acids is 1. The molecule has 3 N–H and O–H groups in total. The van der Waals surface area contributed by atoms with Gasteiger partial charge in [0.25, 0.3) is 0 Å². The number of nitrogens with zero attached hydrogens (tertiary/aromatic N) is 2. The van der Waals surface area contributed by atoms with Gasteiger partial charge < -0.3 is 10.2 Å². The van der Waals surface area contributed by atoms with Crippen LogP contribution in [0.3, 0.4) is 0 Å². The van der Waals surface area contributed by atoms with E-state index in [-0.39, 0.29) is 11.9 Å². The second kappa shape index (κ2) is 7.09. The molecule has 1 unspecified atom stereocenters. The average Bonchev–Trinajstić information content (AvgIpc) is 3.07. The first-order valence-corrected chi connectivity index (χ1v) is 8.78. The van der Waals surface area contributed by atoms with Crippen LogP contribution >= 0.6 is 0 Å². The molecule has 1 saturated heterocycles. The van der Waals surface area contributed by atoms with E-state index in [1.54, 1.807) is 11.1 Å². The lowest BCUT2D eigenvalue weighted by molar-refractivity contribution is -0.117. The van der Waals surface area contributed by atoms with E-state index in [1.807, 2.05) is 60.1 Å². The van der Waals surface area contributed by atoms with E-state index in [4.69, 9.17) is 5.21 Å². The van der Waals surface area contributed by atoms with E-state index >= 15 is 0 Å². The van der Waals surface area contributed by atoms with Crippen molar-refractivity contribution in [1.29, 1.82) is 0 Å². The Morgan fingerprint density at radius 1 is 1.15 bits per heavy atom. The van der Waals surface area contributed by atoms with Gasteiger partial charge in [0.05, 0.1) is 16.9 Å². The highest BCUT2D eigenvalue weighted by atomic mass is 16.5. The second-order valence-corrected chi connectivity index (χ2v) is 6.50. The van der Waals surface area contributed by atoms with Crippen molar-refractivity contribution in [2.24, 2.45) is 0 Å². The van der Waals surface area contributed by atoms with Crippen molar-refractivity contribution >= 4 is 33.9 Å². The van der Waals surface area contributed by atoms with Crippen molar-refractivity contribution in [3.05, 3.63) is 72.9 Å². The molecule has 1 aliphatic rings. The van der Waals surface area contributed by atoms with Gasteiger partial charge in [-0.05, 0) is 36.2 Å². The maximum absolute atomic E-state index is 13.0. The Balaban J connectivity index is 1.52. The maximum Gasteiger partial charge on any atom is 0.249 e. The summed E-state index contributed by atoms with van der Waals surface area (Å²) >= 11 is 0. The normalized spacial score (nSPS) is 16.6. The van der Waals surface area contributed by atoms with Crippen molar-refractivity contribution < 1.29 is 10.0 Å². The fourth-order valence-corrected chi connectivity index (χ4v) is 3.39. The van der Waals surface area contributed by atoms with Gasteiger partial charge in [0.15, 0.2) is 0 Å². The Bertz CT molecular complexity index is 995. The van der Waals surface area contributed by atoms with Crippen molar-refractivity contribution in [3.8, 4) is 0 Å². The number of nitrogens with one attached hydrogen (secondary N) is 2. The Hall–Kier alpha value is -3.38. The number of aromatic nitrogens is 1. The molecule has 2 heterocycles. The molecule has 1 amide bonds. The molecule has 0 radical (unpaired) electrons. The van der Waals surface area contributed by atoms with Crippen LogP contribution in [0.5, 0.6) is 0 Å². The average molecular weight is 360 g/mol. The van der Waals surface area contributed by atoms with Crippen LogP contribution in [-0.4, -0.2) is 28.7 Å². The number of amides is 1. The maximum atomic E-state index is 13.0. The number of anilines is 2. The van der Waals surface area contributed by atoms with Crippen LogP contribution < -0.4 is 15.7 Å². The smallest absolute Gasteiger partial charge is 0.249 e. The van der Waals surface area contributed by atoms with E-state index in [0.29, 0.717) is 18.7 Å². The van der Waals surface area contributed by atoms with Crippen molar-refractivity contribution in [3.63, 3.8) is 0 Å². The number of para-hydroxylation sites is 1. The molecule has 0 spiro atoms. The van der Waals surface area contributed by atoms with E-state index in [9.17, 15) is 4.79 Å². The summed E-state index contributed by atoms with van der Waals surface area (Å²) in [6.07, 6.45) is 2.47. The number of hydrogen-bond acceptors (Lipinski definition) is 5. The summed E-state index contributed by atoms with van der Waals surface area (Å²) in [5.74, 6) is 0.0404. The Kier molecular flexibility index (Phi) is 4.48. The van der Waals surface area contributed by atoms with Gasteiger partial charge >= 0.3 is 0 Å². The molecule has 1 aromatic heterocycles. The van der Waals surface area contributed by atoms with Gasteiger partial charge in [-0.15, -0.1) is 0 Å². The number of pyridine rings is 1. The summed E-state index contributed by atoms with van der Waals surface area (Å²) in [6, 6.07) is 16.9. The monoisotopic (exact) mass is 360 g/mol. The van der Waals surface area contributed by atoms with Crippen LogP contribution in [0.4, 0.5) is 11.4 Å². The predicted octanol–water partition coefficient (Wildman–Crippen LogP) is 3.40. The number of rotatable bonds is 5. The van der Waals surface area contributed by atoms with Gasteiger partial charge in [-0.1, -0.05) is 36.9 Å². The van der Waals surface area contributed by atoms with E-state index in [2.05, 4.69) is 16.9 Å². The van der Waals surface area contributed by atoms with E-state index in [0.717, 1.165) is 27.8 Å². The molecule has 0 saturated carbocycles. The Morgan fingerprint density at radius 2 is 1.93 bits per heavy atom. The molecular formula is C21H20N4O2. The number of hydroxylamine groups is 1. The van der Waals surface area contributed by atoms with Crippen LogP contribution in [0, 0.1) is 0 Å². The molecule has 136 valence electrons. The fraction of sp³-hybridized carbons (Fsp3) is 0.143. The first kappa shape index (κ1) is 17.1. The second-order valence-electron chi connectivity index (χ2n) is 6.50. The highest BCUT2D eigenvalue weighted by Gasteiger charge is 2.33. The first-order valence-electron chi connectivity index (χ1n) is 8.78. The van der Waals surface area contributed by atoms with Crippen LogP contribution in [0.1, 0.15) is 12.0 Å². The van der Waals surface area contributed by atoms with Gasteiger partial charge in [-0.2, -0.15) is 0 Å². The lowest BCUT2D eigenvalue weighted by Crippen LogP contribution is -2.33. The zero-order valence-electron chi connectivity index (χ0n) is 14.7. The molecule has 0 bridgehead atoms. The molecule has 1 aliphatic heterocycles. The molecule has 1 fully saturated rings. The third-order valence-corrected chi connectivity index (χ3v) is 4.82. The molecular weight excluding hydrogens is 340 g/mol. The largest absolute Gasteiger partial charge is 0.374 e. The molecule has 3 aromatic rings. The molecule has 4 rings (SSSR count). The zero-order valence-corrected chi connectivity index (χ0v) is 14.7. The predicted molar refractivity (Wildman–Crippen MR) is 107 cm³/mol. The number of carbonyl (C=O) groups is 1. The van der Waals surface area contributed by atoms with Crippen LogP contribution in [0.25, 0.3) is 16.6 Å². The highest BCUT2D eigenvalue weighted by Crippen LogP contribution is 2.29. The molecule has 6 heteroatoms. The van der Waals surface area contributed by atoms with Gasteiger partial charge in [-0.3, -0.25) is 20.5 Å². The molecule has 27 heavy (non-hydrogen) atoms. The van der Waals surface area contributed by atoms with Gasteiger partial charge in [0, 0.05) is 23.8 Å². The Morgan fingerprint density at radius 3 is 2.70 bits per heavy atom. The van der Waals surface area contributed by atoms with E-state index < -0.39 is 0 Å². The summed E-state index contributed by atoms with van der Waals surface area (Å²) in [6.45, 7) is 4.36. The van der Waals surface area contributed by atoms with Gasteiger partial charge in [-0.25, -0.2) is 0 Å². The lowest BCUT2D eigenvalue weighted by Gasteiger charge is -2.19. The van der Waals surface area contributed by atoms with Gasteiger partial charge in [0.2, 0.25) is 5.91 Å². The minimum Gasteiger partial charge on any atom is -0.374 e. The van der Waals surface area contributed by atoms with Crippen LogP contribution in [0.15, 0.2) is 67.4 Å².